The summed E-state index contributed by atoms with van der Waals surface area (Å²) in [5.41, 5.74) is 4.21. The van der Waals surface area contributed by atoms with Gasteiger partial charge in [-0.15, -0.1) is 5.10 Å². The van der Waals surface area contributed by atoms with Crippen molar-refractivity contribution in [3.63, 3.8) is 0 Å². The number of carbonyl (C=O) groups is 1. The third-order valence-corrected chi connectivity index (χ3v) is 4.17. The number of amides is 1. The Bertz CT molecular complexity index is 906. The van der Waals surface area contributed by atoms with Crippen LogP contribution in [0, 0.1) is 6.92 Å². The molecule has 0 fully saturated rings. The second kappa shape index (κ2) is 7.83. The normalized spacial score (nSPS) is 11.2. The number of benzene rings is 2. The summed E-state index contributed by atoms with van der Waals surface area (Å²) in [6, 6.07) is 19.9. The highest BCUT2D eigenvalue weighted by Crippen LogP contribution is 2.19. The molecule has 4 nitrogen and oxygen atoms in total. The molecule has 3 rings (SSSR count). The van der Waals surface area contributed by atoms with Gasteiger partial charge in [0.1, 0.15) is 0 Å². The summed E-state index contributed by atoms with van der Waals surface area (Å²) < 4.78 is 1.83. The van der Waals surface area contributed by atoms with Gasteiger partial charge in [0.25, 0.3) is 0 Å². The minimum absolute atomic E-state index is 0.200. The predicted octanol–water partition coefficient (Wildman–Crippen LogP) is 4.96. The Hall–Kier alpha value is -3.14. The molecule has 1 heterocycles. The van der Waals surface area contributed by atoms with Crippen molar-refractivity contribution in [3.8, 4) is 5.69 Å². The number of hydrogen-bond acceptors (Lipinski definition) is 2. The van der Waals surface area contributed by atoms with E-state index in [4.69, 9.17) is 0 Å². The lowest BCUT2D eigenvalue weighted by Crippen LogP contribution is -2.09. The van der Waals surface area contributed by atoms with Crippen LogP contribution in [0.1, 0.15) is 36.6 Å². The van der Waals surface area contributed by atoms with Gasteiger partial charge in [-0.1, -0.05) is 56.3 Å². The summed E-state index contributed by atoms with van der Waals surface area (Å²) in [7, 11) is 0. The van der Waals surface area contributed by atoms with Gasteiger partial charge in [-0.2, -0.15) is 0 Å². The maximum absolute atomic E-state index is 12.1. The van der Waals surface area contributed by atoms with Crippen LogP contribution < -0.4 is 5.32 Å². The fourth-order valence-corrected chi connectivity index (χ4v) is 2.70. The predicted molar refractivity (Wildman–Crippen MR) is 106 cm³/mol. The van der Waals surface area contributed by atoms with Crippen molar-refractivity contribution in [1.82, 2.24) is 9.78 Å². The molecule has 0 saturated carbocycles. The van der Waals surface area contributed by atoms with Crippen molar-refractivity contribution >= 4 is 17.8 Å². The summed E-state index contributed by atoms with van der Waals surface area (Å²) in [5.74, 6) is 0.834. The Labute approximate surface area is 154 Å². The van der Waals surface area contributed by atoms with Gasteiger partial charge in [0.15, 0.2) is 5.82 Å². The van der Waals surface area contributed by atoms with Crippen molar-refractivity contribution < 1.29 is 4.79 Å². The third-order valence-electron chi connectivity index (χ3n) is 4.17. The number of aromatic nitrogens is 2. The first kappa shape index (κ1) is 17.7. The Morgan fingerprint density at radius 3 is 2.42 bits per heavy atom. The van der Waals surface area contributed by atoms with Gasteiger partial charge in [-0.25, -0.2) is 4.68 Å². The van der Waals surface area contributed by atoms with Crippen LogP contribution in [0.25, 0.3) is 11.8 Å². The molecule has 3 aromatic rings. The highest BCUT2D eigenvalue weighted by Gasteiger charge is 2.08. The molecule has 0 bridgehead atoms. The molecule has 26 heavy (non-hydrogen) atoms. The van der Waals surface area contributed by atoms with Gasteiger partial charge in [-0.05, 0) is 42.2 Å². The third kappa shape index (κ3) is 4.28. The smallest absolute Gasteiger partial charge is 0.249 e. The zero-order valence-corrected chi connectivity index (χ0v) is 15.3. The zero-order valence-electron chi connectivity index (χ0n) is 15.3. The van der Waals surface area contributed by atoms with Gasteiger partial charge in [0.05, 0.1) is 5.69 Å². The summed E-state index contributed by atoms with van der Waals surface area (Å²) in [6.07, 6.45) is 3.30. The van der Waals surface area contributed by atoms with Crippen LogP contribution in [0.5, 0.6) is 0 Å². The molecule has 1 N–H and O–H groups in total. The second-order valence-electron chi connectivity index (χ2n) is 6.56. The maximum Gasteiger partial charge on any atom is 0.249 e. The number of anilines is 1. The first-order chi connectivity index (χ1) is 12.5. The molecule has 0 aliphatic rings. The molecule has 4 heteroatoms. The molecule has 0 saturated heterocycles. The molecule has 132 valence electrons. The fraction of sp³-hybridized carbons (Fsp3) is 0.182. The van der Waals surface area contributed by atoms with Crippen molar-refractivity contribution in [2.24, 2.45) is 0 Å². The lowest BCUT2D eigenvalue weighted by molar-refractivity contribution is -0.111. The molecule has 0 aliphatic heterocycles. The molecular weight excluding hydrogens is 322 g/mol. The van der Waals surface area contributed by atoms with Crippen molar-refractivity contribution in [2.75, 3.05) is 5.32 Å². The van der Waals surface area contributed by atoms with E-state index in [-0.39, 0.29) is 5.91 Å². The molecule has 0 aliphatic carbocycles. The summed E-state index contributed by atoms with van der Waals surface area (Å²) in [6.45, 7) is 6.31. The Morgan fingerprint density at radius 1 is 1.08 bits per heavy atom. The highest BCUT2D eigenvalue weighted by molar-refractivity contribution is 6.01. The topological polar surface area (TPSA) is 46.9 Å². The number of rotatable bonds is 5. The highest BCUT2D eigenvalue weighted by atomic mass is 16.1. The monoisotopic (exact) mass is 345 g/mol. The maximum atomic E-state index is 12.1. The van der Waals surface area contributed by atoms with E-state index < -0.39 is 0 Å². The van der Waals surface area contributed by atoms with Gasteiger partial charge < -0.3 is 5.32 Å². The Morgan fingerprint density at radius 2 is 1.77 bits per heavy atom. The van der Waals surface area contributed by atoms with Crippen LogP contribution in [-0.4, -0.2) is 15.7 Å². The lowest BCUT2D eigenvalue weighted by atomic mass is 10.0. The number of carbonyl (C=O) groups excluding carboxylic acids is 1. The quantitative estimate of drug-likeness (QED) is 0.665. The van der Waals surface area contributed by atoms with E-state index in [1.54, 1.807) is 6.08 Å². The molecule has 0 spiro atoms. The first-order valence-electron chi connectivity index (χ1n) is 8.74. The molecule has 1 aromatic heterocycles. The van der Waals surface area contributed by atoms with E-state index >= 15 is 0 Å². The van der Waals surface area contributed by atoms with Crippen LogP contribution in [0.4, 0.5) is 5.82 Å². The summed E-state index contributed by atoms with van der Waals surface area (Å²) >= 11 is 0. The SMILES string of the molecule is Cc1cc(NC(=O)/C=C/c2ccccc2)nn1-c1ccc(C(C)C)cc1. The van der Waals surface area contributed by atoms with Crippen LogP contribution >= 0.6 is 0 Å². The van der Waals surface area contributed by atoms with Crippen LogP contribution in [0.15, 0.2) is 66.7 Å². The molecular formula is C22H23N3O. The first-order valence-corrected chi connectivity index (χ1v) is 8.74. The van der Waals surface area contributed by atoms with E-state index in [1.165, 1.54) is 11.6 Å². The average Bonchev–Trinajstić information content (AvgIpc) is 3.01. The van der Waals surface area contributed by atoms with Gasteiger partial charge in [0, 0.05) is 17.8 Å². The molecule has 0 unspecified atom stereocenters. The van der Waals surface area contributed by atoms with E-state index in [0.717, 1.165) is 16.9 Å². The fourth-order valence-electron chi connectivity index (χ4n) is 2.70. The lowest BCUT2D eigenvalue weighted by Gasteiger charge is -2.08. The van der Waals surface area contributed by atoms with Crippen LogP contribution in [0.3, 0.4) is 0 Å². The Balaban J connectivity index is 1.71. The molecule has 2 aromatic carbocycles. The van der Waals surface area contributed by atoms with Gasteiger partial charge in [-0.3, -0.25) is 4.79 Å². The number of nitrogens with one attached hydrogen (secondary N) is 1. The number of aryl methyl sites for hydroxylation is 1. The summed E-state index contributed by atoms with van der Waals surface area (Å²) in [4.78, 5) is 12.1. The van der Waals surface area contributed by atoms with Crippen molar-refractivity contribution in [2.45, 2.75) is 26.7 Å². The van der Waals surface area contributed by atoms with Crippen LogP contribution in [0.2, 0.25) is 0 Å². The molecule has 0 atom stereocenters. The van der Waals surface area contributed by atoms with Gasteiger partial charge >= 0.3 is 0 Å². The largest absolute Gasteiger partial charge is 0.306 e. The number of nitrogens with zero attached hydrogens (tertiary/aromatic N) is 2. The molecule has 0 radical (unpaired) electrons. The summed E-state index contributed by atoms with van der Waals surface area (Å²) in [5, 5.41) is 7.32. The van der Waals surface area contributed by atoms with Crippen molar-refractivity contribution in [3.05, 3.63) is 83.6 Å². The van der Waals surface area contributed by atoms with Crippen LogP contribution in [-0.2, 0) is 4.79 Å². The molecule has 1 amide bonds. The van der Waals surface area contributed by atoms with Gasteiger partial charge in [0.2, 0.25) is 5.91 Å². The second-order valence-corrected chi connectivity index (χ2v) is 6.56. The minimum Gasteiger partial charge on any atom is -0.306 e. The number of hydrogen-bond donors (Lipinski definition) is 1. The zero-order chi connectivity index (χ0) is 18.5. The van der Waals surface area contributed by atoms with E-state index in [1.807, 2.05) is 48.0 Å². The van der Waals surface area contributed by atoms with E-state index in [9.17, 15) is 4.79 Å². The van der Waals surface area contributed by atoms with E-state index in [2.05, 4.69) is 48.5 Å². The standard InChI is InChI=1S/C22H23N3O/c1-16(2)19-10-12-20(13-11-19)25-17(3)15-21(24-25)23-22(26)14-9-18-7-5-4-6-8-18/h4-16H,1-3H3,(H,23,24,26)/b14-9+. The average molecular weight is 345 g/mol. The Kier molecular flexibility index (Phi) is 5.32. The van der Waals surface area contributed by atoms with Crippen molar-refractivity contribution in [1.29, 1.82) is 0 Å². The minimum atomic E-state index is -0.200. The van der Waals surface area contributed by atoms with E-state index in [0.29, 0.717) is 11.7 Å².